The van der Waals surface area contributed by atoms with Gasteiger partial charge in [0.15, 0.2) is 0 Å². The maximum Gasteiger partial charge on any atom is 0.390 e. The quantitative estimate of drug-likeness (QED) is 0.787. The number of amides is 1. The second-order valence-electron chi connectivity index (χ2n) is 4.90. The molecule has 0 bridgehead atoms. The fraction of sp³-hybridized carbons (Fsp3) is 0.900. The van der Waals surface area contributed by atoms with Crippen molar-refractivity contribution in [2.75, 3.05) is 6.54 Å². The minimum absolute atomic E-state index is 0.103. The van der Waals surface area contributed by atoms with E-state index in [1.165, 1.54) is 6.92 Å². The Labute approximate surface area is 93.8 Å². The standard InChI is InChI=1S/C10H19F3N2O/c1-7(5-10(11,12)13)14-6-8(16)15-9(2,3)4/h7,14H,5-6H2,1-4H3,(H,15,16). The number of halogens is 3. The Balaban J connectivity index is 3.85. The topological polar surface area (TPSA) is 41.1 Å². The summed E-state index contributed by atoms with van der Waals surface area (Å²) in [5.41, 5.74) is -0.369. The molecule has 0 heterocycles. The molecule has 0 aromatic carbocycles. The molecule has 1 unspecified atom stereocenters. The molecule has 0 aliphatic carbocycles. The first-order valence-corrected chi connectivity index (χ1v) is 5.11. The van der Waals surface area contributed by atoms with Gasteiger partial charge in [0, 0.05) is 11.6 Å². The SMILES string of the molecule is CC(CC(F)(F)F)NCC(=O)NC(C)(C)C. The molecular weight excluding hydrogens is 221 g/mol. The van der Waals surface area contributed by atoms with E-state index in [1.54, 1.807) is 0 Å². The fourth-order valence-corrected chi connectivity index (χ4v) is 1.15. The van der Waals surface area contributed by atoms with E-state index in [2.05, 4.69) is 10.6 Å². The van der Waals surface area contributed by atoms with E-state index in [1.807, 2.05) is 20.8 Å². The summed E-state index contributed by atoms with van der Waals surface area (Å²) in [4.78, 5) is 11.3. The van der Waals surface area contributed by atoms with Crippen molar-refractivity contribution in [3.8, 4) is 0 Å². The van der Waals surface area contributed by atoms with E-state index in [-0.39, 0.29) is 18.0 Å². The van der Waals surface area contributed by atoms with E-state index in [4.69, 9.17) is 0 Å². The van der Waals surface area contributed by atoms with Gasteiger partial charge in [-0.1, -0.05) is 0 Å². The summed E-state index contributed by atoms with van der Waals surface area (Å²) in [5.74, 6) is -0.304. The zero-order valence-corrected chi connectivity index (χ0v) is 10.0. The minimum atomic E-state index is -4.20. The van der Waals surface area contributed by atoms with Crippen LogP contribution in [-0.4, -0.2) is 30.2 Å². The molecule has 0 rings (SSSR count). The molecule has 0 saturated heterocycles. The Morgan fingerprint density at radius 3 is 2.12 bits per heavy atom. The molecule has 6 heteroatoms. The number of hydrogen-bond acceptors (Lipinski definition) is 2. The number of alkyl halides is 3. The van der Waals surface area contributed by atoms with Crippen LogP contribution in [0.3, 0.4) is 0 Å². The molecule has 0 fully saturated rings. The monoisotopic (exact) mass is 240 g/mol. The van der Waals surface area contributed by atoms with Gasteiger partial charge in [0.05, 0.1) is 13.0 Å². The average molecular weight is 240 g/mol. The number of carbonyl (C=O) groups excluding carboxylic acids is 1. The summed E-state index contributed by atoms with van der Waals surface area (Å²) in [6, 6.07) is -0.759. The molecule has 0 saturated carbocycles. The van der Waals surface area contributed by atoms with Crippen LogP contribution < -0.4 is 10.6 Å². The molecule has 1 atom stereocenters. The Kier molecular flexibility index (Phi) is 5.25. The highest BCUT2D eigenvalue weighted by molar-refractivity contribution is 5.78. The maximum absolute atomic E-state index is 12.0. The van der Waals surface area contributed by atoms with Crippen molar-refractivity contribution in [3.05, 3.63) is 0 Å². The van der Waals surface area contributed by atoms with Gasteiger partial charge in [0.25, 0.3) is 0 Å². The van der Waals surface area contributed by atoms with Crippen LogP contribution in [0.5, 0.6) is 0 Å². The molecule has 1 amide bonds. The van der Waals surface area contributed by atoms with E-state index in [0.717, 1.165) is 0 Å². The second kappa shape index (κ2) is 5.52. The molecule has 0 aromatic rings. The van der Waals surface area contributed by atoms with Gasteiger partial charge < -0.3 is 10.6 Å². The molecule has 96 valence electrons. The van der Waals surface area contributed by atoms with Gasteiger partial charge in [0.2, 0.25) is 5.91 Å². The van der Waals surface area contributed by atoms with Gasteiger partial charge in [-0.3, -0.25) is 4.79 Å². The summed E-state index contributed by atoms with van der Waals surface area (Å²) >= 11 is 0. The van der Waals surface area contributed by atoms with E-state index >= 15 is 0 Å². The zero-order valence-electron chi connectivity index (χ0n) is 10.0. The molecule has 0 radical (unpaired) electrons. The number of rotatable bonds is 4. The lowest BCUT2D eigenvalue weighted by Crippen LogP contribution is -2.46. The summed E-state index contributed by atoms with van der Waals surface area (Å²) in [7, 11) is 0. The maximum atomic E-state index is 12.0. The highest BCUT2D eigenvalue weighted by Crippen LogP contribution is 2.21. The lowest BCUT2D eigenvalue weighted by Gasteiger charge is -2.22. The average Bonchev–Trinajstić information content (AvgIpc) is 1.94. The predicted molar refractivity (Wildman–Crippen MR) is 56.0 cm³/mol. The number of carbonyl (C=O) groups is 1. The highest BCUT2D eigenvalue weighted by Gasteiger charge is 2.29. The molecule has 16 heavy (non-hydrogen) atoms. The molecule has 0 spiro atoms. The van der Waals surface area contributed by atoms with E-state index in [0.29, 0.717) is 0 Å². The first kappa shape index (κ1) is 15.2. The highest BCUT2D eigenvalue weighted by atomic mass is 19.4. The van der Waals surface area contributed by atoms with Crippen molar-refractivity contribution in [1.29, 1.82) is 0 Å². The minimum Gasteiger partial charge on any atom is -0.350 e. The van der Waals surface area contributed by atoms with Crippen LogP contribution in [0.15, 0.2) is 0 Å². The normalized spacial score (nSPS) is 14.7. The van der Waals surface area contributed by atoms with Gasteiger partial charge >= 0.3 is 6.18 Å². The predicted octanol–water partition coefficient (Wildman–Crippen LogP) is 1.83. The molecule has 3 nitrogen and oxygen atoms in total. The van der Waals surface area contributed by atoms with Crippen LogP contribution in [-0.2, 0) is 4.79 Å². The van der Waals surface area contributed by atoms with Gasteiger partial charge in [-0.25, -0.2) is 0 Å². The van der Waals surface area contributed by atoms with Gasteiger partial charge in [-0.05, 0) is 27.7 Å². The smallest absolute Gasteiger partial charge is 0.350 e. The largest absolute Gasteiger partial charge is 0.390 e. The summed E-state index contributed by atoms with van der Waals surface area (Å²) in [6.07, 6.45) is -5.14. The third-order valence-electron chi connectivity index (χ3n) is 1.66. The third kappa shape index (κ3) is 9.76. The van der Waals surface area contributed by atoms with Crippen molar-refractivity contribution < 1.29 is 18.0 Å². The summed E-state index contributed by atoms with van der Waals surface area (Å²) in [5, 5.41) is 5.18. The van der Waals surface area contributed by atoms with Gasteiger partial charge in [-0.2, -0.15) is 13.2 Å². The van der Waals surface area contributed by atoms with Crippen LogP contribution in [0, 0.1) is 0 Å². The van der Waals surface area contributed by atoms with Crippen LogP contribution in [0.25, 0.3) is 0 Å². The Morgan fingerprint density at radius 1 is 1.25 bits per heavy atom. The van der Waals surface area contributed by atoms with Gasteiger partial charge in [0.1, 0.15) is 0 Å². The molecule has 2 N–H and O–H groups in total. The Bertz CT molecular complexity index is 233. The molecule has 0 aliphatic heterocycles. The van der Waals surface area contributed by atoms with Crippen molar-refractivity contribution in [3.63, 3.8) is 0 Å². The number of hydrogen-bond donors (Lipinski definition) is 2. The lowest BCUT2D eigenvalue weighted by atomic mass is 10.1. The molecule has 0 aromatic heterocycles. The van der Waals surface area contributed by atoms with Gasteiger partial charge in [-0.15, -0.1) is 0 Å². The first-order valence-electron chi connectivity index (χ1n) is 5.11. The van der Waals surface area contributed by atoms with E-state index < -0.39 is 18.6 Å². The summed E-state index contributed by atoms with van der Waals surface area (Å²) < 4.78 is 35.9. The summed E-state index contributed by atoms with van der Waals surface area (Å²) in [6.45, 7) is 6.73. The Morgan fingerprint density at radius 2 is 1.75 bits per heavy atom. The van der Waals surface area contributed by atoms with Crippen LogP contribution >= 0.6 is 0 Å². The van der Waals surface area contributed by atoms with E-state index in [9.17, 15) is 18.0 Å². The molecule has 0 aliphatic rings. The van der Waals surface area contributed by atoms with Crippen LogP contribution in [0.4, 0.5) is 13.2 Å². The first-order chi connectivity index (χ1) is 6.99. The third-order valence-corrected chi connectivity index (χ3v) is 1.66. The Hall–Kier alpha value is -0.780. The lowest BCUT2D eigenvalue weighted by molar-refractivity contribution is -0.140. The van der Waals surface area contributed by atoms with Crippen LogP contribution in [0.2, 0.25) is 0 Å². The second-order valence-corrected chi connectivity index (χ2v) is 4.90. The number of nitrogens with one attached hydrogen (secondary N) is 2. The molecular formula is C10H19F3N2O. The van der Waals surface area contributed by atoms with Crippen molar-refractivity contribution in [1.82, 2.24) is 10.6 Å². The van der Waals surface area contributed by atoms with Crippen molar-refractivity contribution >= 4 is 5.91 Å². The van der Waals surface area contributed by atoms with Crippen LogP contribution in [0.1, 0.15) is 34.1 Å². The van der Waals surface area contributed by atoms with Crippen molar-refractivity contribution in [2.45, 2.75) is 51.9 Å². The van der Waals surface area contributed by atoms with Crippen molar-refractivity contribution in [2.24, 2.45) is 0 Å². The zero-order chi connectivity index (χ0) is 13.0. The fourth-order valence-electron chi connectivity index (χ4n) is 1.15.